The number of fused-ring (bicyclic) bond motifs is 1. The van der Waals surface area contributed by atoms with Gasteiger partial charge in [0.2, 0.25) is 0 Å². The minimum Gasteiger partial charge on any atom is -0.480 e. The first-order valence-electron chi connectivity index (χ1n) is 7.00. The predicted octanol–water partition coefficient (Wildman–Crippen LogP) is 3.12. The smallest absolute Gasteiger partial charge is 0.315 e. The molecule has 0 bridgehead atoms. The molecule has 0 fully saturated rings. The van der Waals surface area contributed by atoms with Crippen molar-refractivity contribution in [3.8, 4) is 5.75 Å². The standard InChI is InChI=1S/C15H14N4O2S/c1-9-13(22-8-17-9)7-16-15-19-18-14(21-15)12-6-10-4-2-3-5-11(10)20-12/h2-5,8,12H,6-7H2,1H3,(H,16,19)/t12-/m0/s1. The molecule has 1 aliphatic heterocycles. The Kier molecular flexibility index (Phi) is 3.27. The minimum atomic E-state index is -0.203. The van der Waals surface area contributed by atoms with E-state index in [0.29, 0.717) is 18.5 Å². The van der Waals surface area contributed by atoms with Gasteiger partial charge in [-0.2, -0.15) is 0 Å². The molecule has 4 rings (SSSR count). The van der Waals surface area contributed by atoms with Crippen molar-refractivity contribution in [2.24, 2.45) is 0 Å². The molecule has 2 aromatic heterocycles. The lowest BCUT2D eigenvalue weighted by Gasteiger charge is -2.04. The number of rotatable bonds is 4. The topological polar surface area (TPSA) is 73.1 Å². The third-order valence-electron chi connectivity index (χ3n) is 3.61. The summed E-state index contributed by atoms with van der Waals surface area (Å²) in [5.41, 5.74) is 4.02. The molecule has 6 nitrogen and oxygen atoms in total. The van der Waals surface area contributed by atoms with Crippen LogP contribution in [-0.2, 0) is 13.0 Å². The molecule has 1 N–H and O–H groups in total. The van der Waals surface area contributed by atoms with E-state index in [9.17, 15) is 0 Å². The average Bonchev–Trinajstić information content (AvgIpc) is 3.24. The maximum Gasteiger partial charge on any atom is 0.315 e. The van der Waals surface area contributed by atoms with Gasteiger partial charge in [0, 0.05) is 11.3 Å². The van der Waals surface area contributed by atoms with Crippen LogP contribution in [0, 0.1) is 6.92 Å². The van der Waals surface area contributed by atoms with Crippen molar-refractivity contribution >= 4 is 17.4 Å². The molecule has 3 heterocycles. The number of benzene rings is 1. The summed E-state index contributed by atoms with van der Waals surface area (Å²) in [7, 11) is 0. The van der Waals surface area contributed by atoms with Crippen LogP contribution in [0.25, 0.3) is 0 Å². The first-order chi connectivity index (χ1) is 10.8. The second-order valence-electron chi connectivity index (χ2n) is 5.08. The molecule has 0 amide bonds. The largest absolute Gasteiger partial charge is 0.480 e. The molecule has 0 spiro atoms. The third-order valence-corrected chi connectivity index (χ3v) is 4.54. The molecule has 3 aromatic rings. The Morgan fingerprint density at radius 1 is 1.32 bits per heavy atom. The molecule has 1 aromatic carbocycles. The summed E-state index contributed by atoms with van der Waals surface area (Å²) in [4.78, 5) is 5.37. The zero-order valence-corrected chi connectivity index (χ0v) is 12.8. The highest BCUT2D eigenvalue weighted by molar-refractivity contribution is 7.09. The van der Waals surface area contributed by atoms with Crippen LogP contribution in [0.4, 0.5) is 6.01 Å². The second-order valence-corrected chi connectivity index (χ2v) is 6.02. The van der Waals surface area contributed by atoms with E-state index in [-0.39, 0.29) is 6.10 Å². The molecule has 1 atom stereocenters. The van der Waals surface area contributed by atoms with Gasteiger partial charge in [0.15, 0.2) is 6.10 Å². The van der Waals surface area contributed by atoms with Gasteiger partial charge in [0.25, 0.3) is 5.89 Å². The summed E-state index contributed by atoms with van der Waals surface area (Å²) in [6.07, 6.45) is 0.553. The Morgan fingerprint density at radius 2 is 2.23 bits per heavy atom. The van der Waals surface area contributed by atoms with Crippen molar-refractivity contribution in [2.75, 3.05) is 5.32 Å². The number of thiazole rings is 1. The number of aryl methyl sites for hydroxylation is 1. The molecule has 7 heteroatoms. The molecule has 0 unspecified atom stereocenters. The first kappa shape index (κ1) is 13.3. The van der Waals surface area contributed by atoms with Crippen LogP contribution in [0.15, 0.2) is 34.2 Å². The van der Waals surface area contributed by atoms with Crippen molar-refractivity contribution in [3.05, 3.63) is 51.8 Å². The highest BCUT2D eigenvalue weighted by Gasteiger charge is 2.28. The quantitative estimate of drug-likeness (QED) is 0.797. The van der Waals surface area contributed by atoms with E-state index in [0.717, 1.165) is 22.7 Å². The fraction of sp³-hybridized carbons (Fsp3) is 0.267. The van der Waals surface area contributed by atoms with Gasteiger partial charge in [0.05, 0.1) is 17.7 Å². The summed E-state index contributed by atoms with van der Waals surface area (Å²) >= 11 is 1.60. The average molecular weight is 314 g/mol. The lowest BCUT2D eigenvalue weighted by molar-refractivity contribution is 0.199. The van der Waals surface area contributed by atoms with Crippen LogP contribution in [0.5, 0.6) is 5.75 Å². The van der Waals surface area contributed by atoms with Crippen LogP contribution >= 0.6 is 11.3 Å². The van der Waals surface area contributed by atoms with Gasteiger partial charge in [-0.25, -0.2) is 4.98 Å². The fourth-order valence-electron chi connectivity index (χ4n) is 2.41. The predicted molar refractivity (Wildman–Crippen MR) is 82.0 cm³/mol. The van der Waals surface area contributed by atoms with Gasteiger partial charge in [0.1, 0.15) is 5.75 Å². The maximum atomic E-state index is 5.84. The number of anilines is 1. The Balaban J connectivity index is 1.43. The molecular weight excluding hydrogens is 300 g/mol. The molecule has 112 valence electrons. The zero-order valence-electron chi connectivity index (χ0n) is 11.9. The number of nitrogens with one attached hydrogen (secondary N) is 1. The SMILES string of the molecule is Cc1ncsc1CNc1nnc([C@@H]2Cc3ccccc3O2)o1. The van der Waals surface area contributed by atoms with Crippen molar-refractivity contribution in [2.45, 2.75) is 26.0 Å². The Bertz CT molecular complexity index is 773. The van der Waals surface area contributed by atoms with Gasteiger partial charge in [-0.05, 0) is 18.6 Å². The highest BCUT2D eigenvalue weighted by Crippen LogP contribution is 2.36. The van der Waals surface area contributed by atoms with E-state index in [1.807, 2.05) is 30.6 Å². The lowest BCUT2D eigenvalue weighted by Crippen LogP contribution is -2.03. The molecule has 1 aliphatic rings. The van der Waals surface area contributed by atoms with E-state index >= 15 is 0 Å². The normalized spacial score (nSPS) is 16.3. The summed E-state index contributed by atoms with van der Waals surface area (Å²) in [6, 6.07) is 8.37. The number of aromatic nitrogens is 3. The van der Waals surface area contributed by atoms with Gasteiger partial charge in [-0.15, -0.1) is 16.4 Å². The van der Waals surface area contributed by atoms with Gasteiger partial charge in [-0.3, -0.25) is 0 Å². The summed E-state index contributed by atoms with van der Waals surface area (Å²) in [5.74, 6) is 1.39. The second kappa shape index (κ2) is 5.42. The van der Waals surface area contributed by atoms with E-state index in [1.165, 1.54) is 5.56 Å². The number of hydrogen-bond donors (Lipinski definition) is 1. The van der Waals surface area contributed by atoms with Crippen LogP contribution in [0.3, 0.4) is 0 Å². The first-order valence-corrected chi connectivity index (χ1v) is 7.88. The number of hydrogen-bond acceptors (Lipinski definition) is 7. The van der Waals surface area contributed by atoms with Crippen LogP contribution in [-0.4, -0.2) is 15.2 Å². The molecule has 0 saturated carbocycles. The third kappa shape index (κ3) is 2.43. The molecule has 22 heavy (non-hydrogen) atoms. The summed E-state index contributed by atoms with van der Waals surface area (Å²) in [5, 5.41) is 11.2. The van der Waals surface area contributed by atoms with Crippen LogP contribution < -0.4 is 10.1 Å². The van der Waals surface area contributed by atoms with Crippen molar-refractivity contribution in [1.29, 1.82) is 0 Å². The molecule has 0 aliphatic carbocycles. The van der Waals surface area contributed by atoms with Crippen molar-refractivity contribution < 1.29 is 9.15 Å². The number of nitrogens with zero attached hydrogens (tertiary/aromatic N) is 3. The molecule has 0 saturated heterocycles. The monoisotopic (exact) mass is 314 g/mol. The van der Waals surface area contributed by atoms with E-state index in [4.69, 9.17) is 9.15 Å². The Labute approximate surface area is 131 Å². The summed E-state index contributed by atoms with van der Waals surface area (Å²) in [6.45, 7) is 2.61. The zero-order chi connectivity index (χ0) is 14.9. The van der Waals surface area contributed by atoms with E-state index < -0.39 is 0 Å². The fourth-order valence-corrected chi connectivity index (χ4v) is 3.12. The van der Waals surface area contributed by atoms with E-state index in [1.54, 1.807) is 11.3 Å². The highest BCUT2D eigenvalue weighted by atomic mass is 32.1. The molecular formula is C15H14N4O2S. The maximum absolute atomic E-state index is 5.84. The van der Waals surface area contributed by atoms with E-state index in [2.05, 4.69) is 26.6 Å². The van der Waals surface area contributed by atoms with Gasteiger partial charge >= 0.3 is 6.01 Å². The Hall–Kier alpha value is -2.41. The van der Waals surface area contributed by atoms with Crippen molar-refractivity contribution in [3.63, 3.8) is 0 Å². The molecule has 0 radical (unpaired) electrons. The van der Waals surface area contributed by atoms with Crippen LogP contribution in [0.2, 0.25) is 0 Å². The van der Waals surface area contributed by atoms with Gasteiger partial charge < -0.3 is 14.5 Å². The Morgan fingerprint density at radius 3 is 3.05 bits per heavy atom. The minimum absolute atomic E-state index is 0.203. The number of para-hydroxylation sites is 1. The lowest BCUT2D eigenvalue weighted by atomic mass is 10.1. The van der Waals surface area contributed by atoms with Crippen molar-refractivity contribution in [1.82, 2.24) is 15.2 Å². The van der Waals surface area contributed by atoms with Gasteiger partial charge in [-0.1, -0.05) is 23.3 Å². The van der Waals surface area contributed by atoms with Crippen LogP contribution in [0.1, 0.15) is 28.1 Å². The summed E-state index contributed by atoms with van der Waals surface area (Å²) < 4.78 is 11.5. The number of ether oxygens (including phenoxy) is 1.